The molecule has 0 unspecified atom stereocenters. The zero-order valence-electron chi connectivity index (χ0n) is 11.1. The Hall–Kier alpha value is -1.49. The smallest absolute Gasteiger partial charge is 0.293 e. The topological polar surface area (TPSA) is 87.5 Å². The number of piperazine rings is 1. The summed E-state index contributed by atoms with van der Waals surface area (Å²) in [7, 11) is 0. The monoisotopic (exact) mass is 408 g/mol. The van der Waals surface area contributed by atoms with Crippen LogP contribution in [0.1, 0.15) is 0 Å². The first-order valence-electron chi connectivity index (χ1n) is 6.35. The Bertz CT molecular complexity index is 564. The summed E-state index contributed by atoms with van der Waals surface area (Å²) in [5.41, 5.74) is -0.227. The highest BCUT2D eigenvalue weighted by Crippen LogP contribution is 2.28. The molecule has 1 heterocycles. The summed E-state index contributed by atoms with van der Waals surface area (Å²) in [6.45, 7) is 2.56. The fourth-order valence-electron chi connectivity index (χ4n) is 2.03. The van der Waals surface area contributed by atoms with Crippen LogP contribution in [0.2, 0.25) is 0 Å². The summed E-state index contributed by atoms with van der Waals surface area (Å²) < 4.78 is 13.7. The van der Waals surface area contributed by atoms with Crippen LogP contribution in [-0.4, -0.2) is 48.5 Å². The van der Waals surface area contributed by atoms with Gasteiger partial charge in [0.05, 0.1) is 15.0 Å². The molecule has 2 rings (SSSR count). The molecular weight excluding hydrogens is 394 g/mol. The molecule has 0 saturated carbocycles. The average molecular weight is 408 g/mol. The number of nitrogens with zero attached hydrogens (tertiary/aromatic N) is 2. The van der Waals surface area contributed by atoms with E-state index in [0.717, 1.165) is 25.2 Å². The Balaban J connectivity index is 2.06. The lowest BCUT2D eigenvalue weighted by molar-refractivity contribution is -0.384. The van der Waals surface area contributed by atoms with Crippen LogP contribution >= 0.6 is 22.6 Å². The van der Waals surface area contributed by atoms with E-state index < -0.39 is 10.7 Å². The second-order valence-electron chi connectivity index (χ2n) is 4.52. The van der Waals surface area contributed by atoms with Gasteiger partial charge in [-0.25, -0.2) is 4.39 Å². The lowest BCUT2D eigenvalue weighted by Gasteiger charge is -2.27. The maximum Gasteiger partial charge on any atom is 0.293 e. The van der Waals surface area contributed by atoms with Crippen LogP contribution in [0.25, 0.3) is 0 Å². The van der Waals surface area contributed by atoms with Crippen molar-refractivity contribution in [3.63, 3.8) is 0 Å². The van der Waals surface area contributed by atoms with Crippen LogP contribution < -0.4 is 10.6 Å². The number of nitrogens with one attached hydrogen (secondary N) is 2. The highest BCUT2D eigenvalue weighted by Gasteiger charge is 2.20. The van der Waals surface area contributed by atoms with Gasteiger partial charge in [-0.3, -0.25) is 14.9 Å². The third-order valence-electron chi connectivity index (χ3n) is 3.14. The van der Waals surface area contributed by atoms with E-state index in [4.69, 9.17) is 0 Å². The van der Waals surface area contributed by atoms with Crippen LogP contribution in [0.15, 0.2) is 12.1 Å². The van der Waals surface area contributed by atoms with Crippen molar-refractivity contribution < 1.29 is 14.1 Å². The Labute approximate surface area is 134 Å². The van der Waals surface area contributed by atoms with E-state index in [1.807, 2.05) is 0 Å². The number of nitro groups is 1. The number of amides is 1. The third kappa shape index (κ3) is 4.00. The van der Waals surface area contributed by atoms with Gasteiger partial charge in [-0.2, -0.15) is 0 Å². The second kappa shape index (κ2) is 6.98. The highest BCUT2D eigenvalue weighted by atomic mass is 127. The van der Waals surface area contributed by atoms with E-state index in [0.29, 0.717) is 13.1 Å². The zero-order valence-corrected chi connectivity index (χ0v) is 13.2. The SMILES string of the molecule is O=C(CNc1cc(F)c(I)cc1[N+](=O)[O-])N1CCNCC1. The fourth-order valence-corrected chi connectivity index (χ4v) is 2.48. The molecule has 1 aliphatic rings. The lowest BCUT2D eigenvalue weighted by atomic mass is 10.2. The van der Waals surface area contributed by atoms with Crippen molar-refractivity contribution in [2.45, 2.75) is 0 Å². The quantitative estimate of drug-likeness (QED) is 0.444. The molecule has 21 heavy (non-hydrogen) atoms. The Morgan fingerprint density at radius 3 is 2.76 bits per heavy atom. The molecule has 9 heteroatoms. The molecule has 0 aliphatic carbocycles. The van der Waals surface area contributed by atoms with Crippen molar-refractivity contribution in [1.29, 1.82) is 0 Å². The van der Waals surface area contributed by atoms with E-state index in [1.165, 1.54) is 0 Å². The van der Waals surface area contributed by atoms with Gasteiger partial charge in [0.15, 0.2) is 0 Å². The van der Waals surface area contributed by atoms with Crippen LogP contribution in [0.4, 0.5) is 15.8 Å². The van der Waals surface area contributed by atoms with Crippen molar-refractivity contribution >= 4 is 39.9 Å². The van der Waals surface area contributed by atoms with E-state index in [2.05, 4.69) is 10.6 Å². The number of carbonyl (C=O) groups excluding carboxylic acids is 1. The van der Waals surface area contributed by atoms with Crippen LogP contribution in [0.3, 0.4) is 0 Å². The molecule has 1 aromatic rings. The predicted molar refractivity (Wildman–Crippen MR) is 83.7 cm³/mol. The molecule has 1 aliphatic heterocycles. The van der Waals surface area contributed by atoms with Gasteiger partial charge < -0.3 is 15.5 Å². The van der Waals surface area contributed by atoms with Gasteiger partial charge in [-0.05, 0) is 22.6 Å². The number of hydrogen-bond acceptors (Lipinski definition) is 5. The van der Waals surface area contributed by atoms with Crippen molar-refractivity contribution in [2.75, 3.05) is 38.0 Å². The van der Waals surface area contributed by atoms with Crippen molar-refractivity contribution in [2.24, 2.45) is 0 Å². The minimum atomic E-state index is -0.598. The zero-order chi connectivity index (χ0) is 15.4. The number of benzene rings is 1. The Morgan fingerprint density at radius 1 is 1.48 bits per heavy atom. The summed E-state index contributed by atoms with van der Waals surface area (Å²) in [5.74, 6) is -0.719. The fraction of sp³-hybridized carbons (Fsp3) is 0.417. The van der Waals surface area contributed by atoms with E-state index in [-0.39, 0.29) is 27.4 Å². The van der Waals surface area contributed by atoms with Crippen LogP contribution in [-0.2, 0) is 4.79 Å². The molecule has 0 aromatic heterocycles. The number of carbonyl (C=O) groups is 1. The van der Waals surface area contributed by atoms with Gasteiger partial charge in [0.2, 0.25) is 5.91 Å². The minimum absolute atomic E-state index is 0.0152. The molecule has 0 atom stereocenters. The Morgan fingerprint density at radius 2 is 2.14 bits per heavy atom. The first-order chi connectivity index (χ1) is 9.99. The number of hydrogen-bond donors (Lipinski definition) is 2. The second-order valence-corrected chi connectivity index (χ2v) is 5.69. The van der Waals surface area contributed by atoms with Gasteiger partial charge in [0, 0.05) is 38.3 Å². The molecule has 1 fully saturated rings. The molecule has 114 valence electrons. The predicted octanol–water partition coefficient (Wildman–Crippen LogP) is 1.18. The average Bonchev–Trinajstić information content (AvgIpc) is 2.48. The van der Waals surface area contributed by atoms with Crippen molar-refractivity contribution in [3.8, 4) is 0 Å². The number of rotatable bonds is 4. The minimum Gasteiger partial charge on any atom is -0.370 e. The van der Waals surface area contributed by atoms with Gasteiger partial charge in [-0.1, -0.05) is 0 Å². The van der Waals surface area contributed by atoms with Crippen molar-refractivity contribution in [1.82, 2.24) is 10.2 Å². The van der Waals surface area contributed by atoms with Crippen LogP contribution in [0.5, 0.6) is 0 Å². The van der Waals surface area contributed by atoms with Gasteiger partial charge in [-0.15, -0.1) is 0 Å². The van der Waals surface area contributed by atoms with Gasteiger partial charge in [0.25, 0.3) is 5.69 Å². The summed E-state index contributed by atoms with van der Waals surface area (Å²) in [6, 6.07) is 2.19. The first kappa shape index (κ1) is 15.9. The van der Waals surface area contributed by atoms with Gasteiger partial charge >= 0.3 is 0 Å². The summed E-state index contributed by atoms with van der Waals surface area (Å²) >= 11 is 1.69. The standard InChI is InChI=1S/C12H14FIN4O3/c13-8-5-10(11(18(20)21)6-9(8)14)16-7-12(19)17-3-1-15-2-4-17/h5-6,15-16H,1-4,7H2. The summed E-state index contributed by atoms with van der Waals surface area (Å²) in [6.07, 6.45) is 0. The molecule has 0 radical (unpaired) electrons. The largest absolute Gasteiger partial charge is 0.370 e. The van der Waals surface area contributed by atoms with E-state index in [9.17, 15) is 19.3 Å². The first-order valence-corrected chi connectivity index (χ1v) is 7.42. The van der Waals surface area contributed by atoms with Crippen LogP contribution in [0, 0.1) is 19.5 Å². The molecule has 0 spiro atoms. The van der Waals surface area contributed by atoms with Crippen molar-refractivity contribution in [3.05, 3.63) is 31.6 Å². The molecule has 2 N–H and O–H groups in total. The van der Waals surface area contributed by atoms with Gasteiger partial charge in [0.1, 0.15) is 11.5 Å². The number of nitro benzene ring substituents is 1. The van der Waals surface area contributed by atoms with E-state index >= 15 is 0 Å². The highest BCUT2D eigenvalue weighted by molar-refractivity contribution is 14.1. The van der Waals surface area contributed by atoms with E-state index in [1.54, 1.807) is 27.5 Å². The normalized spacial score (nSPS) is 14.9. The Kier molecular flexibility index (Phi) is 5.28. The molecule has 0 bridgehead atoms. The molecule has 1 aromatic carbocycles. The maximum atomic E-state index is 13.5. The summed E-state index contributed by atoms with van der Waals surface area (Å²) in [5, 5.41) is 16.8. The molecule has 1 saturated heterocycles. The third-order valence-corrected chi connectivity index (χ3v) is 3.96. The number of halogens is 2. The number of anilines is 1. The lowest BCUT2D eigenvalue weighted by Crippen LogP contribution is -2.48. The molecule has 7 nitrogen and oxygen atoms in total. The maximum absolute atomic E-state index is 13.5. The molecular formula is C12H14FIN4O3. The molecule has 1 amide bonds. The summed E-state index contributed by atoms with van der Waals surface area (Å²) in [4.78, 5) is 24.0.